The van der Waals surface area contributed by atoms with E-state index in [4.69, 9.17) is 0 Å². The third-order valence-electron chi connectivity index (χ3n) is 4.74. The number of amides is 2. The molecule has 0 aliphatic rings. The van der Waals surface area contributed by atoms with Crippen molar-refractivity contribution in [3.05, 3.63) is 63.7 Å². The number of carbonyl (C=O) groups is 2. The van der Waals surface area contributed by atoms with Crippen LogP contribution in [0.5, 0.6) is 0 Å². The molecule has 180 valence electrons. The zero-order valence-electron chi connectivity index (χ0n) is 17.8. The number of hydrogen-bond donors (Lipinski definition) is 3. The minimum absolute atomic E-state index is 0.00947. The lowest BCUT2D eigenvalue weighted by Crippen LogP contribution is -2.28. The number of carboxylic acid groups (broad SMARTS) is 1. The lowest BCUT2D eigenvalue weighted by molar-refractivity contribution is -0.140. The van der Waals surface area contributed by atoms with Gasteiger partial charge in [-0.15, -0.1) is 11.3 Å². The molecule has 4 aromatic heterocycles. The number of pyridine rings is 3. The van der Waals surface area contributed by atoms with Gasteiger partial charge in [0.2, 0.25) is 5.43 Å². The van der Waals surface area contributed by atoms with Crippen molar-refractivity contribution in [2.45, 2.75) is 13.1 Å². The minimum atomic E-state index is -4.69. The quantitative estimate of drug-likeness (QED) is 0.376. The molecule has 0 spiro atoms. The van der Waals surface area contributed by atoms with Gasteiger partial charge >= 0.3 is 18.2 Å². The number of nitrogens with one attached hydrogen (secondary N) is 2. The van der Waals surface area contributed by atoms with Gasteiger partial charge in [-0.25, -0.2) is 24.5 Å². The van der Waals surface area contributed by atoms with E-state index in [0.29, 0.717) is 17.9 Å². The van der Waals surface area contributed by atoms with Crippen LogP contribution < -0.4 is 16.1 Å². The van der Waals surface area contributed by atoms with Gasteiger partial charge in [-0.1, -0.05) is 0 Å². The fourth-order valence-electron chi connectivity index (χ4n) is 3.22. The minimum Gasteiger partial charge on any atom is -0.477 e. The van der Waals surface area contributed by atoms with Crippen molar-refractivity contribution in [3.8, 4) is 16.3 Å². The molecule has 4 aromatic rings. The number of thiazole rings is 1. The zero-order valence-corrected chi connectivity index (χ0v) is 18.6. The highest BCUT2D eigenvalue weighted by molar-refractivity contribution is 7.13. The summed E-state index contributed by atoms with van der Waals surface area (Å²) >= 11 is 0.696. The van der Waals surface area contributed by atoms with Crippen molar-refractivity contribution in [2.24, 2.45) is 0 Å². The Hall–Kier alpha value is -4.33. The summed E-state index contributed by atoms with van der Waals surface area (Å²) in [6.07, 6.45) is -1.07. The lowest BCUT2D eigenvalue weighted by atomic mass is 10.1. The molecule has 0 saturated carbocycles. The normalized spacial score (nSPS) is 11.4. The maximum absolute atomic E-state index is 13.2. The molecule has 0 unspecified atom stereocenters. The number of nitrogens with zero attached hydrogens (tertiary/aromatic N) is 4. The van der Waals surface area contributed by atoms with Gasteiger partial charge in [-0.2, -0.15) is 13.2 Å². The van der Waals surface area contributed by atoms with E-state index in [0.717, 1.165) is 11.6 Å². The molecule has 0 aliphatic carbocycles. The molecule has 10 nitrogen and oxygen atoms in total. The monoisotopic (exact) mass is 504 g/mol. The highest BCUT2D eigenvalue weighted by atomic mass is 32.1. The smallest absolute Gasteiger partial charge is 0.434 e. The maximum atomic E-state index is 13.2. The first-order chi connectivity index (χ1) is 16.6. The van der Waals surface area contributed by atoms with Gasteiger partial charge in [0.1, 0.15) is 22.0 Å². The van der Waals surface area contributed by atoms with Gasteiger partial charge in [0.25, 0.3) is 0 Å². The van der Waals surface area contributed by atoms with Crippen LogP contribution in [0.2, 0.25) is 0 Å². The average Bonchev–Trinajstić information content (AvgIpc) is 3.31. The first kappa shape index (κ1) is 23.8. The number of fused-ring (bicyclic) bond motifs is 1. The molecule has 0 atom stereocenters. The second-order valence-electron chi connectivity index (χ2n) is 7.03. The molecule has 4 heterocycles. The van der Waals surface area contributed by atoms with E-state index in [1.807, 2.05) is 0 Å². The van der Waals surface area contributed by atoms with Crippen LogP contribution in [0.4, 0.5) is 23.8 Å². The molecule has 0 fully saturated rings. The summed E-state index contributed by atoms with van der Waals surface area (Å²) in [7, 11) is 0. The summed E-state index contributed by atoms with van der Waals surface area (Å²) in [5.74, 6) is -1.48. The summed E-state index contributed by atoms with van der Waals surface area (Å²) in [6.45, 7) is 2.02. The number of aromatic nitrogens is 4. The standard InChI is InChI=1S/C21H15F3N6O4S/c1-2-25-20(34)29-15-6-11(18-28-14(9-35-18)21(22,23)24)13(7-27-15)30-8-12(19(32)33)16(31)10-4-3-5-26-17(10)30/h3-9H,2H2,1H3,(H,32,33)(H2,25,27,29,34). The van der Waals surface area contributed by atoms with Crippen LogP contribution in [0.15, 0.2) is 47.0 Å². The van der Waals surface area contributed by atoms with Gasteiger partial charge in [-0.3, -0.25) is 14.7 Å². The summed E-state index contributed by atoms with van der Waals surface area (Å²) < 4.78 is 40.9. The van der Waals surface area contributed by atoms with Gasteiger partial charge in [0, 0.05) is 29.9 Å². The predicted molar refractivity (Wildman–Crippen MR) is 121 cm³/mol. The van der Waals surface area contributed by atoms with Gasteiger partial charge in [0.15, 0.2) is 5.69 Å². The molecule has 3 N–H and O–H groups in total. The summed E-state index contributed by atoms with van der Waals surface area (Å²) in [6, 6.07) is 3.56. The Bertz CT molecular complexity index is 1520. The van der Waals surface area contributed by atoms with E-state index in [2.05, 4.69) is 25.6 Å². The van der Waals surface area contributed by atoms with Crippen molar-refractivity contribution < 1.29 is 27.9 Å². The first-order valence-electron chi connectivity index (χ1n) is 9.92. The molecule has 35 heavy (non-hydrogen) atoms. The molecule has 0 saturated heterocycles. The molecule has 14 heteroatoms. The fraction of sp³-hybridized carbons (Fsp3) is 0.143. The second kappa shape index (κ2) is 9.13. The first-order valence-corrected chi connectivity index (χ1v) is 10.8. The van der Waals surface area contributed by atoms with Crippen molar-refractivity contribution in [3.63, 3.8) is 0 Å². The van der Waals surface area contributed by atoms with E-state index in [-0.39, 0.29) is 33.1 Å². The number of urea groups is 1. The molecule has 0 radical (unpaired) electrons. The SMILES string of the molecule is CCNC(=O)Nc1cc(-c2nc(C(F)(F)F)cs2)c(-n2cc(C(=O)O)c(=O)c3cccnc32)cn1. The Morgan fingerprint density at radius 2 is 2.03 bits per heavy atom. The molecular formula is C21H15F3N6O4S. The Morgan fingerprint density at radius 1 is 1.26 bits per heavy atom. The number of carboxylic acids is 1. The van der Waals surface area contributed by atoms with Crippen molar-refractivity contribution >= 4 is 40.2 Å². The Morgan fingerprint density at radius 3 is 2.69 bits per heavy atom. The molecular weight excluding hydrogens is 489 g/mol. The number of carbonyl (C=O) groups excluding carboxylic acids is 1. The number of rotatable bonds is 5. The molecule has 0 bridgehead atoms. The maximum Gasteiger partial charge on any atom is 0.434 e. The van der Waals surface area contributed by atoms with Crippen LogP contribution in [0.1, 0.15) is 23.0 Å². The van der Waals surface area contributed by atoms with Gasteiger partial charge in [0.05, 0.1) is 17.3 Å². The number of alkyl halides is 3. The molecule has 4 rings (SSSR count). The predicted octanol–water partition coefficient (Wildman–Crippen LogP) is 3.76. The molecule has 2 amide bonds. The Kier molecular flexibility index (Phi) is 6.22. The van der Waals surface area contributed by atoms with Crippen LogP contribution >= 0.6 is 11.3 Å². The van der Waals surface area contributed by atoms with Crippen molar-refractivity contribution in [1.29, 1.82) is 0 Å². The summed E-state index contributed by atoms with van der Waals surface area (Å²) in [5, 5.41) is 15.2. The van der Waals surface area contributed by atoms with E-state index in [1.54, 1.807) is 6.92 Å². The van der Waals surface area contributed by atoms with Crippen LogP contribution in [-0.4, -0.2) is 43.2 Å². The van der Waals surface area contributed by atoms with E-state index < -0.39 is 34.9 Å². The third kappa shape index (κ3) is 4.68. The largest absolute Gasteiger partial charge is 0.477 e. The van der Waals surface area contributed by atoms with Gasteiger partial charge < -0.3 is 10.4 Å². The number of anilines is 1. The molecule has 0 aliphatic heterocycles. The Labute approximate surface area is 198 Å². The van der Waals surface area contributed by atoms with Crippen molar-refractivity contribution in [1.82, 2.24) is 24.8 Å². The zero-order chi connectivity index (χ0) is 25.3. The number of halogens is 3. The molecule has 0 aromatic carbocycles. The van der Waals surface area contributed by atoms with Gasteiger partial charge in [-0.05, 0) is 25.1 Å². The Balaban J connectivity index is 1.99. The van der Waals surface area contributed by atoms with Crippen LogP contribution in [-0.2, 0) is 6.18 Å². The fourth-order valence-corrected chi connectivity index (χ4v) is 4.08. The summed E-state index contributed by atoms with van der Waals surface area (Å²) in [5.41, 5.74) is -2.21. The van der Waals surface area contributed by atoms with Crippen molar-refractivity contribution in [2.75, 3.05) is 11.9 Å². The van der Waals surface area contributed by atoms with Crippen LogP contribution in [0, 0.1) is 0 Å². The third-order valence-corrected chi connectivity index (χ3v) is 5.61. The second-order valence-corrected chi connectivity index (χ2v) is 7.89. The van der Waals surface area contributed by atoms with Crippen LogP contribution in [0.3, 0.4) is 0 Å². The number of hydrogen-bond acceptors (Lipinski definition) is 7. The number of aromatic carboxylic acids is 1. The summed E-state index contributed by atoms with van der Waals surface area (Å²) in [4.78, 5) is 48.2. The van der Waals surface area contributed by atoms with E-state index in [9.17, 15) is 32.7 Å². The van der Waals surface area contributed by atoms with Crippen LogP contribution in [0.25, 0.3) is 27.3 Å². The highest BCUT2D eigenvalue weighted by Gasteiger charge is 2.34. The van der Waals surface area contributed by atoms with E-state index in [1.165, 1.54) is 35.2 Å². The highest BCUT2D eigenvalue weighted by Crippen LogP contribution is 2.36. The lowest BCUT2D eigenvalue weighted by Gasteiger charge is -2.15. The average molecular weight is 504 g/mol. The topological polar surface area (TPSA) is 139 Å². The van der Waals surface area contributed by atoms with E-state index >= 15 is 0 Å².